The van der Waals surface area contributed by atoms with E-state index in [1.54, 1.807) is 14.2 Å². The lowest BCUT2D eigenvalue weighted by atomic mass is 9.98. The Morgan fingerprint density at radius 1 is 0.947 bits per heavy atom. The molecular weight excluding hydrogens is 478 g/mol. The SMILES string of the molecule is CCCCc1cc(-c2nccn2Cc2ccc(-c3ccccc3-c3nn[nH]n3)cc2)c(C(OC)OC)cn1. The predicted molar refractivity (Wildman–Crippen MR) is 145 cm³/mol. The zero-order valence-electron chi connectivity index (χ0n) is 21.8. The number of imidazole rings is 1. The third-order valence-electron chi connectivity index (χ3n) is 6.55. The van der Waals surface area contributed by atoms with E-state index in [2.05, 4.69) is 73.5 Å². The molecule has 0 aliphatic heterocycles. The minimum atomic E-state index is -0.526. The van der Waals surface area contributed by atoms with Crippen molar-refractivity contribution < 1.29 is 9.47 Å². The normalized spacial score (nSPS) is 11.4. The van der Waals surface area contributed by atoms with Crippen molar-refractivity contribution in [3.63, 3.8) is 0 Å². The van der Waals surface area contributed by atoms with E-state index in [0.29, 0.717) is 12.4 Å². The molecular formula is C29H31N7O2. The first-order valence-corrected chi connectivity index (χ1v) is 12.7. The van der Waals surface area contributed by atoms with Gasteiger partial charge in [0.1, 0.15) is 5.82 Å². The minimum Gasteiger partial charge on any atom is -0.352 e. The maximum absolute atomic E-state index is 5.58. The van der Waals surface area contributed by atoms with Crippen molar-refractivity contribution in [2.45, 2.75) is 39.0 Å². The van der Waals surface area contributed by atoms with Gasteiger partial charge in [-0.25, -0.2) is 4.98 Å². The molecule has 5 rings (SSSR count). The molecule has 0 bridgehead atoms. The summed E-state index contributed by atoms with van der Waals surface area (Å²) in [6, 6.07) is 18.7. The Hall–Kier alpha value is -4.21. The van der Waals surface area contributed by atoms with Gasteiger partial charge < -0.3 is 14.0 Å². The second-order valence-electron chi connectivity index (χ2n) is 9.03. The van der Waals surface area contributed by atoms with Gasteiger partial charge in [-0.05, 0) is 40.8 Å². The van der Waals surface area contributed by atoms with Gasteiger partial charge in [-0.2, -0.15) is 5.21 Å². The molecule has 0 aliphatic rings. The summed E-state index contributed by atoms with van der Waals surface area (Å²) in [5, 5.41) is 14.5. The minimum absolute atomic E-state index is 0.526. The molecule has 1 N–H and O–H groups in total. The van der Waals surface area contributed by atoms with Gasteiger partial charge in [0, 0.05) is 61.7 Å². The number of aryl methyl sites for hydroxylation is 1. The third-order valence-corrected chi connectivity index (χ3v) is 6.55. The van der Waals surface area contributed by atoms with Crippen LogP contribution in [0.2, 0.25) is 0 Å². The first-order chi connectivity index (χ1) is 18.7. The van der Waals surface area contributed by atoms with Crippen molar-refractivity contribution in [2.24, 2.45) is 0 Å². The molecule has 38 heavy (non-hydrogen) atoms. The number of H-pyrrole nitrogens is 1. The molecule has 0 atom stereocenters. The van der Waals surface area contributed by atoms with E-state index < -0.39 is 6.29 Å². The number of tetrazole rings is 1. The maximum atomic E-state index is 5.58. The number of methoxy groups -OCH3 is 2. The van der Waals surface area contributed by atoms with Gasteiger partial charge in [-0.3, -0.25) is 4.98 Å². The van der Waals surface area contributed by atoms with Crippen LogP contribution in [0.3, 0.4) is 0 Å². The van der Waals surface area contributed by atoms with Gasteiger partial charge in [-0.1, -0.05) is 61.9 Å². The highest BCUT2D eigenvalue weighted by molar-refractivity contribution is 5.80. The van der Waals surface area contributed by atoms with Gasteiger partial charge in [0.15, 0.2) is 6.29 Å². The molecule has 0 saturated carbocycles. The van der Waals surface area contributed by atoms with Crippen LogP contribution in [0.5, 0.6) is 0 Å². The average Bonchev–Trinajstić information content (AvgIpc) is 3.66. The van der Waals surface area contributed by atoms with E-state index in [0.717, 1.165) is 64.2 Å². The summed E-state index contributed by atoms with van der Waals surface area (Å²) >= 11 is 0. The zero-order valence-corrected chi connectivity index (χ0v) is 21.8. The highest BCUT2D eigenvalue weighted by atomic mass is 16.7. The number of benzene rings is 2. The Kier molecular flexibility index (Phi) is 7.96. The van der Waals surface area contributed by atoms with Crippen molar-refractivity contribution in [3.8, 4) is 33.9 Å². The predicted octanol–water partition coefficient (Wildman–Crippen LogP) is 5.47. The van der Waals surface area contributed by atoms with Crippen molar-refractivity contribution in [3.05, 3.63) is 90.0 Å². The van der Waals surface area contributed by atoms with Crippen LogP contribution >= 0.6 is 0 Å². The number of nitrogens with zero attached hydrogens (tertiary/aromatic N) is 6. The summed E-state index contributed by atoms with van der Waals surface area (Å²) in [6.45, 7) is 2.85. The number of ether oxygens (including phenoxy) is 2. The lowest BCUT2D eigenvalue weighted by Gasteiger charge is -2.19. The monoisotopic (exact) mass is 509 g/mol. The van der Waals surface area contributed by atoms with Crippen molar-refractivity contribution >= 4 is 0 Å². The topological polar surface area (TPSA) is 104 Å². The summed E-state index contributed by atoms with van der Waals surface area (Å²) in [7, 11) is 3.27. The molecule has 0 saturated heterocycles. The molecule has 3 heterocycles. The molecule has 5 aromatic rings. The Balaban J connectivity index is 1.44. The Morgan fingerprint density at radius 3 is 2.45 bits per heavy atom. The van der Waals surface area contributed by atoms with Crippen LogP contribution in [-0.2, 0) is 22.4 Å². The van der Waals surface area contributed by atoms with Crippen LogP contribution in [-0.4, -0.2) is 49.4 Å². The lowest BCUT2D eigenvalue weighted by Crippen LogP contribution is -2.10. The van der Waals surface area contributed by atoms with Crippen molar-refractivity contribution in [1.82, 2.24) is 35.2 Å². The van der Waals surface area contributed by atoms with Crippen LogP contribution < -0.4 is 0 Å². The number of unbranched alkanes of at least 4 members (excludes halogenated alkanes) is 1. The first-order valence-electron chi connectivity index (χ1n) is 12.7. The van der Waals surface area contributed by atoms with Crippen LogP contribution in [0.25, 0.3) is 33.9 Å². The van der Waals surface area contributed by atoms with Crippen LogP contribution in [0.15, 0.2) is 73.2 Å². The van der Waals surface area contributed by atoms with Crippen molar-refractivity contribution in [1.29, 1.82) is 0 Å². The molecule has 0 unspecified atom stereocenters. The lowest BCUT2D eigenvalue weighted by molar-refractivity contribution is -0.105. The zero-order chi connectivity index (χ0) is 26.3. The fraction of sp³-hybridized carbons (Fsp3) is 0.276. The second-order valence-corrected chi connectivity index (χ2v) is 9.03. The quantitative estimate of drug-likeness (QED) is 0.235. The summed E-state index contributed by atoms with van der Waals surface area (Å²) in [5.41, 5.74) is 7.08. The first kappa shape index (κ1) is 25.4. The number of rotatable bonds is 11. The highest BCUT2D eigenvalue weighted by Gasteiger charge is 2.20. The van der Waals surface area contributed by atoms with Crippen LogP contribution in [0.4, 0.5) is 0 Å². The van der Waals surface area contributed by atoms with Crippen molar-refractivity contribution in [2.75, 3.05) is 14.2 Å². The molecule has 0 radical (unpaired) electrons. The van der Waals surface area contributed by atoms with Crippen LogP contribution in [0.1, 0.15) is 42.9 Å². The molecule has 0 amide bonds. The molecule has 0 spiro atoms. The molecule has 0 fully saturated rings. The standard InChI is InChI=1S/C29H31N7O2/c1-4-5-8-22-17-25(26(18-31-22)29(37-2)38-3)28-30-15-16-36(28)19-20-11-13-21(14-12-20)23-9-6-7-10-24(23)27-32-34-35-33-27/h6-7,9-18,29H,4-5,8,19H2,1-3H3,(H,32,33,34,35). The Labute approximate surface area is 221 Å². The molecule has 9 heteroatoms. The van der Waals surface area contributed by atoms with Gasteiger partial charge in [0.2, 0.25) is 5.82 Å². The van der Waals surface area contributed by atoms with E-state index in [4.69, 9.17) is 14.5 Å². The third kappa shape index (κ3) is 5.39. The van der Waals surface area contributed by atoms with E-state index in [-0.39, 0.29) is 0 Å². The smallest absolute Gasteiger partial charge is 0.205 e. The van der Waals surface area contributed by atoms with Gasteiger partial charge in [0.05, 0.1) is 0 Å². The summed E-state index contributed by atoms with van der Waals surface area (Å²) in [6.07, 6.45) is 8.27. The number of hydrogen-bond donors (Lipinski definition) is 1. The molecule has 9 nitrogen and oxygen atoms in total. The fourth-order valence-corrected chi connectivity index (χ4v) is 4.61. The van der Waals surface area contributed by atoms with Crippen LogP contribution in [0, 0.1) is 0 Å². The number of aromatic nitrogens is 7. The average molecular weight is 510 g/mol. The molecule has 0 aliphatic carbocycles. The van der Waals surface area contributed by atoms with Gasteiger partial charge in [-0.15, -0.1) is 10.2 Å². The highest BCUT2D eigenvalue weighted by Crippen LogP contribution is 2.32. The summed E-state index contributed by atoms with van der Waals surface area (Å²) < 4.78 is 13.3. The van der Waals surface area contributed by atoms with Gasteiger partial charge in [0.25, 0.3) is 0 Å². The second kappa shape index (κ2) is 11.9. The molecule has 194 valence electrons. The fourth-order valence-electron chi connectivity index (χ4n) is 4.61. The van der Waals surface area contributed by atoms with E-state index in [1.807, 2.05) is 36.8 Å². The van der Waals surface area contributed by atoms with Gasteiger partial charge >= 0.3 is 0 Å². The van der Waals surface area contributed by atoms with E-state index >= 15 is 0 Å². The number of aromatic amines is 1. The summed E-state index contributed by atoms with van der Waals surface area (Å²) in [5.74, 6) is 1.43. The Morgan fingerprint density at radius 2 is 1.74 bits per heavy atom. The largest absolute Gasteiger partial charge is 0.352 e. The molecule has 2 aromatic carbocycles. The number of hydrogen-bond acceptors (Lipinski definition) is 7. The maximum Gasteiger partial charge on any atom is 0.205 e. The van der Waals surface area contributed by atoms with E-state index in [1.165, 1.54) is 0 Å². The number of pyridine rings is 1. The number of nitrogens with one attached hydrogen (secondary N) is 1. The summed E-state index contributed by atoms with van der Waals surface area (Å²) in [4.78, 5) is 9.39. The van der Waals surface area contributed by atoms with E-state index in [9.17, 15) is 0 Å². The molecule has 3 aromatic heterocycles. The Bertz CT molecular complexity index is 1460.